The molecule has 2 N–H and O–H groups in total. The highest BCUT2D eigenvalue weighted by molar-refractivity contribution is 7.30. The number of rotatable bonds is 0. The lowest BCUT2D eigenvalue weighted by Gasteiger charge is -1.91. The first-order valence-electron chi connectivity index (χ1n) is 7.18. The molecule has 0 aliphatic carbocycles. The van der Waals surface area contributed by atoms with Crippen LogP contribution < -0.4 is 0 Å². The van der Waals surface area contributed by atoms with Crippen molar-refractivity contribution in [3.8, 4) is 0 Å². The van der Waals surface area contributed by atoms with Gasteiger partial charge in [-0.3, -0.25) is 14.5 Å². The average molecular weight is 340 g/mol. The van der Waals surface area contributed by atoms with Crippen molar-refractivity contribution in [1.82, 2.24) is 9.97 Å². The maximum atomic E-state index is 8.74. The highest BCUT2D eigenvalue weighted by Crippen LogP contribution is 2.08. The van der Waals surface area contributed by atoms with E-state index in [-0.39, 0.29) is 0 Å². The predicted molar refractivity (Wildman–Crippen MR) is 96.9 cm³/mol. The second-order valence-electron chi connectivity index (χ2n) is 4.67. The van der Waals surface area contributed by atoms with Gasteiger partial charge in [-0.2, -0.15) is 0 Å². The Labute approximate surface area is 140 Å². The standard InChI is InChI=1S/2C9H7N.H3O3P/c2*1-2-6-9-8(4-1)5-3-7-10-9;1-4(2)3/h2*1-7H;4H,(H2,1,2,3). The molecule has 0 fully saturated rings. The smallest absolute Gasteiger partial charge is 0.314 e. The SMILES string of the molecule is O=[PH](O)O.c1ccc2ncccc2c1.c1ccc2ncccc2c1. The van der Waals surface area contributed by atoms with Crippen LogP contribution in [0.5, 0.6) is 0 Å². The van der Waals surface area contributed by atoms with Crippen molar-refractivity contribution in [3.63, 3.8) is 0 Å². The topological polar surface area (TPSA) is 83.3 Å². The van der Waals surface area contributed by atoms with E-state index >= 15 is 0 Å². The molecule has 122 valence electrons. The summed E-state index contributed by atoms with van der Waals surface area (Å²) >= 11 is 0. The summed E-state index contributed by atoms with van der Waals surface area (Å²) in [6.07, 6.45) is 3.62. The van der Waals surface area contributed by atoms with Crippen molar-refractivity contribution in [1.29, 1.82) is 0 Å². The zero-order valence-electron chi connectivity index (χ0n) is 12.8. The first-order valence-corrected chi connectivity index (χ1v) is 8.48. The molecule has 4 aromatic rings. The summed E-state index contributed by atoms with van der Waals surface area (Å²) in [4.78, 5) is 22.7. The minimum Gasteiger partial charge on any atom is -0.326 e. The Morgan fingerprint density at radius 1 is 0.625 bits per heavy atom. The lowest BCUT2D eigenvalue weighted by Crippen LogP contribution is -1.73. The maximum absolute atomic E-state index is 8.74. The number of para-hydroxylation sites is 2. The summed E-state index contributed by atoms with van der Waals surface area (Å²) in [5.74, 6) is 0. The molecule has 5 nitrogen and oxygen atoms in total. The monoisotopic (exact) mass is 340 g/mol. The van der Waals surface area contributed by atoms with Gasteiger partial charge >= 0.3 is 8.25 Å². The van der Waals surface area contributed by atoms with E-state index in [4.69, 9.17) is 14.4 Å². The fraction of sp³-hybridized carbons (Fsp3) is 0. The maximum Gasteiger partial charge on any atom is 0.314 e. The molecule has 0 saturated heterocycles. The first kappa shape index (κ1) is 17.8. The van der Waals surface area contributed by atoms with Crippen LogP contribution in [0, 0.1) is 0 Å². The molecule has 0 amide bonds. The van der Waals surface area contributed by atoms with Gasteiger partial charge in [0.15, 0.2) is 0 Å². The van der Waals surface area contributed by atoms with Crippen LogP contribution in [-0.4, -0.2) is 19.8 Å². The minimum absolute atomic E-state index is 1.06. The Kier molecular flexibility index (Phi) is 7.05. The van der Waals surface area contributed by atoms with E-state index in [1.165, 1.54) is 10.8 Å². The Bertz CT molecular complexity index is 725. The second-order valence-corrected chi connectivity index (χ2v) is 5.24. The highest BCUT2D eigenvalue weighted by Gasteiger charge is 1.87. The zero-order chi connectivity index (χ0) is 17.2. The van der Waals surface area contributed by atoms with Gasteiger partial charge in [0.05, 0.1) is 11.0 Å². The number of nitrogens with zero attached hydrogens (tertiary/aromatic N) is 2. The second kappa shape index (κ2) is 9.53. The third-order valence-electron chi connectivity index (χ3n) is 3.02. The Hall–Kier alpha value is -2.59. The molecular weight excluding hydrogens is 323 g/mol. The molecule has 0 aliphatic rings. The zero-order valence-corrected chi connectivity index (χ0v) is 13.8. The molecule has 0 atom stereocenters. The summed E-state index contributed by atoms with van der Waals surface area (Å²) < 4.78 is 8.74. The summed E-state index contributed by atoms with van der Waals surface area (Å²) in [6.45, 7) is 0. The van der Waals surface area contributed by atoms with E-state index in [9.17, 15) is 0 Å². The summed E-state index contributed by atoms with van der Waals surface area (Å²) in [6, 6.07) is 24.2. The Morgan fingerprint density at radius 3 is 1.33 bits per heavy atom. The normalized spacial score (nSPS) is 9.79. The summed E-state index contributed by atoms with van der Waals surface area (Å²) in [7, 11) is -3.13. The molecule has 2 heterocycles. The van der Waals surface area contributed by atoms with Gasteiger partial charge in [0.2, 0.25) is 0 Å². The summed E-state index contributed by atoms with van der Waals surface area (Å²) in [5, 5.41) is 2.40. The fourth-order valence-electron chi connectivity index (χ4n) is 2.03. The molecular formula is C18H17N2O3P. The molecule has 0 saturated carbocycles. The molecule has 0 aliphatic heterocycles. The van der Waals surface area contributed by atoms with E-state index in [0.29, 0.717) is 0 Å². The van der Waals surface area contributed by atoms with Gasteiger partial charge in [-0.1, -0.05) is 48.5 Å². The van der Waals surface area contributed by atoms with Gasteiger partial charge < -0.3 is 9.79 Å². The minimum atomic E-state index is -3.13. The van der Waals surface area contributed by atoms with E-state index < -0.39 is 8.25 Å². The number of pyridine rings is 2. The summed E-state index contributed by atoms with van der Waals surface area (Å²) in [5.41, 5.74) is 2.12. The number of aromatic nitrogens is 2. The highest BCUT2D eigenvalue weighted by atomic mass is 31.1. The van der Waals surface area contributed by atoms with E-state index in [2.05, 4.69) is 34.2 Å². The molecule has 2 aromatic heterocycles. The van der Waals surface area contributed by atoms with Crippen molar-refractivity contribution < 1.29 is 14.4 Å². The van der Waals surface area contributed by atoms with Crippen LogP contribution in [-0.2, 0) is 4.57 Å². The van der Waals surface area contributed by atoms with E-state index in [1.807, 2.05) is 60.9 Å². The van der Waals surface area contributed by atoms with Gasteiger partial charge in [0, 0.05) is 23.2 Å². The average Bonchev–Trinajstić information content (AvgIpc) is 2.62. The molecule has 6 heteroatoms. The number of fused-ring (bicyclic) bond motifs is 2. The van der Waals surface area contributed by atoms with Gasteiger partial charge in [0.25, 0.3) is 0 Å². The Balaban J connectivity index is 0.000000143. The van der Waals surface area contributed by atoms with Crippen molar-refractivity contribution in [2.24, 2.45) is 0 Å². The van der Waals surface area contributed by atoms with E-state index in [1.54, 1.807) is 0 Å². The number of hydrogen-bond donors (Lipinski definition) is 2. The van der Waals surface area contributed by atoms with Crippen molar-refractivity contribution in [2.75, 3.05) is 0 Å². The quantitative estimate of drug-likeness (QED) is 0.475. The van der Waals surface area contributed by atoms with Crippen LogP contribution >= 0.6 is 8.25 Å². The van der Waals surface area contributed by atoms with Crippen LogP contribution in [0.1, 0.15) is 0 Å². The first-order chi connectivity index (χ1) is 11.7. The lowest BCUT2D eigenvalue weighted by atomic mass is 10.2. The Morgan fingerprint density at radius 2 is 0.958 bits per heavy atom. The van der Waals surface area contributed by atoms with Crippen molar-refractivity contribution in [3.05, 3.63) is 85.2 Å². The number of hydrogen-bond acceptors (Lipinski definition) is 3. The van der Waals surface area contributed by atoms with E-state index in [0.717, 1.165) is 11.0 Å². The van der Waals surface area contributed by atoms with Gasteiger partial charge in [0.1, 0.15) is 0 Å². The third-order valence-corrected chi connectivity index (χ3v) is 3.02. The van der Waals surface area contributed by atoms with Crippen LogP contribution in [0.2, 0.25) is 0 Å². The molecule has 0 radical (unpaired) electrons. The van der Waals surface area contributed by atoms with Gasteiger partial charge in [-0.05, 0) is 24.3 Å². The molecule has 2 aromatic carbocycles. The van der Waals surface area contributed by atoms with Gasteiger partial charge in [-0.25, -0.2) is 0 Å². The largest absolute Gasteiger partial charge is 0.326 e. The third kappa shape index (κ3) is 5.89. The van der Waals surface area contributed by atoms with Crippen LogP contribution in [0.4, 0.5) is 0 Å². The number of benzene rings is 2. The molecule has 24 heavy (non-hydrogen) atoms. The van der Waals surface area contributed by atoms with Crippen molar-refractivity contribution >= 4 is 30.1 Å². The van der Waals surface area contributed by atoms with Crippen LogP contribution in [0.3, 0.4) is 0 Å². The molecule has 0 spiro atoms. The molecule has 0 bridgehead atoms. The fourth-order valence-corrected chi connectivity index (χ4v) is 2.03. The van der Waals surface area contributed by atoms with Crippen molar-refractivity contribution in [2.45, 2.75) is 0 Å². The lowest BCUT2D eigenvalue weighted by molar-refractivity contribution is 0.405. The van der Waals surface area contributed by atoms with Crippen LogP contribution in [0.15, 0.2) is 85.2 Å². The molecule has 4 rings (SSSR count). The van der Waals surface area contributed by atoms with Crippen LogP contribution in [0.25, 0.3) is 21.8 Å². The van der Waals surface area contributed by atoms with Gasteiger partial charge in [-0.15, -0.1) is 0 Å². The predicted octanol–water partition coefficient (Wildman–Crippen LogP) is 3.83. The molecule has 0 unspecified atom stereocenters.